The SMILES string of the molecule is O=C(CSc1nnc2ccc(-c3ccc(-c4ccccc4)cc3)nn12)NC1CCCC1. The lowest BCUT2D eigenvalue weighted by Gasteiger charge is -2.11. The number of hydrogen-bond donors (Lipinski definition) is 1. The monoisotopic (exact) mass is 429 g/mol. The van der Waals surface area contributed by atoms with E-state index in [2.05, 4.69) is 51.9 Å². The van der Waals surface area contributed by atoms with Crippen molar-refractivity contribution in [1.82, 2.24) is 25.1 Å². The van der Waals surface area contributed by atoms with Crippen molar-refractivity contribution in [2.24, 2.45) is 0 Å². The minimum atomic E-state index is 0.0429. The molecule has 1 aliphatic carbocycles. The molecule has 156 valence electrons. The molecule has 6 nitrogen and oxygen atoms in total. The number of carbonyl (C=O) groups excluding carboxylic acids is 1. The third kappa shape index (κ3) is 4.46. The molecule has 2 aromatic heterocycles. The van der Waals surface area contributed by atoms with E-state index >= 15 is 0 Å². The summed E-state index contributed by atoms with van der Waals surface area (Å²) in [6.45, 7) is 0. The van der Waals surface area contributed by atoms with Crippen LogP contribution in [0.5, 0.6) is 0 Å². The lowest BCUT2D eigenvalue weighted by Crippen LogP contribution is -2.33. The molecule has 0 saturated heterocycles. The Morgan fingerprint density at radius 3 is 2.39 bits per heavy atom. The van der Waals surface area contributed by atoms with Crippen LogP contribution in [-0.4, -0.2) is 37.5 Å². The van der Waals surface area contributed by atoms with Gasteiger partial charge in [-0.25, -0.2) is 0 Å². The zero-order valence-corrected chi connectivity index (χ0v) is 17.9. The van der Waals surface area contributed by atoms with Gasteiger partial charge in [0.2, 0.25) is 11.1 Å². The molecule has 7 heteroatoms. The summed E-state index contributed by atoms with van der Waals surface area (Å²) in [6, 6.07) is 22.8. The summed E-state index contributed by atoms with van der Waals surface area (Å²) in [6.07, 6.45) is 4.56. The number of aromatic nitrogens is 4. The van der Waals surface area contributed by atoms with E-state index in [1.807, 2.05) is 30.3 Å². The maximum atomic E-state index is 12.3. The molecular formula is C24H23N5OS. The molecule has 0 radical (unpaired) electrons. The third-order valence-electron chi connectivity index (χ3n) is 5.57. The highest BCUT2D eigenvalue weighted by Crippen LogP contribution is 2.25. The van der Waals surface area contributed by atoms with E-state index in [1.54, 1.807) is 4.52 Å². The molecule has 1 fully saturated rings. The van der Waals surface area contributed by atoms with E-state index in [4.69, 9.17) is 5.10 Å². The van der Waals surface area contributed by atoms with Crippen LogP contribution in [0.1, 0.15) is 25.7 Å². The van der Waals surface area contributed by atoms with Gasteiger partial charge < -0.3 is 5.32 Å². The summed E-state index contributed by atoms with van der Waals surface area (Å²) in [5, 5.41) is 16.9. The van der Waals surface area contributed by atoms with Crippen molar-refractivity contribution in [1.29, 1.82) is 0 Å². The maximum absolute atomic E-state index is 12.3. The molecule has 4 aromatic rings. The number of nitrogens with zero attached hydrogens (tertiary/aromatic N) is 4. The normalized spacial score (nSPS) is 14.2. The second-order valence-corrected chi connectivity index (χ2v) is 8.69. The van der Waals surface area contributed by atoms with Gasteiger partial charge in [0.25, 0.3) is 0 Å². The van der Waals surface area contributed by atoms with Crippen LogP contribution in [0.4, 0.5) is 0 Å². The number of nitrogens with one attached hydrogen (secondary N) is 1. The lowest BCUT2D eigenvalue weighted by atomic mass is 10.0. The Bertz CT molecular complexity index is 1180. The van der Waals surface area contributed by atoms with Gasteiger partial charge in [-0.15, -0.1) is 10.2 Å². The van der Waals surface area contributed by atoms with Gasteiger partial charge >= 0.3 is 0 Å². The van der Waals surface area contributed by atoms with Gasteiger partial charge in [-0.1, -0.05) is 79.2 Å². The van der Waals surface area contributed by atoms with Crippen LogP contribution in [0.25, 0.3) is 28.0 Å². The predicted molar refractivity (Wildman–Crippen MR) is 123 cm³/mol. The number of fused-ring (bicyclic) bond motifs is 1. The molecule has 2 heterocycles. The van der Waals surface area contributed by atoms with Gasteiger partial charge in [-0.2, -0.15) is 9.61 Å². The molecule has 31 heavy (non-hydrogen) atoms. The van der Waals surface area contributed by atoms with Crippen LogP contribution in [-0.2, 0) is 4.79 Å². The molecule has 1 aliphatic rings. The Labute approximate surface area is 185 Å². The molecule has 0 unspecified atom stereocenters. The first-order chi connectivity index (χ1) is 15.3. The van der Waals surface area contributed by atoms with E-state index in [1.165, 1.54) is 35.7 Å². The highest BCUT2D eigenvalue weighted by atomic mass is 32.2. The van der Waals surface area contributed by atoms with E-state index in [9.17, 15) is 4.79 Å². The van der Waals surface area contributed by atoms with E-state index < -0.39 is 0 Å². The molecule has 1 N–H and O–H groups in total. The van der Waals surface area contributed by atoms with Crippen molar-refractivity contribution in [3.8, 4) is 22.4 Å². The van der Waals surface area contributed by atoms with Crippen molar-refractivity contribution in [3.05, 3.63) is 66.7 Å². The molecule has 5 rings (SSSR count). The van der Waals surface area contributed by atoms with Gasteiger partial charge in [0.1, 0.15) is 0 Å². The highest BCUT2D eigenvalue weighted by molar-refractivity contribution is 7.99. The zero-order valence-electron chi connectivity index (χ0n) is 17.1. The van der Waals surface area contributed by atoms with Crippen LogP contribution in [0, 0.1) is 0 Å². The Hall–Kier alpha value is -3.19. The Balaban J connectivity index is 1.32. The van der Waals surface area contributed by atoms with Crippen LogP contribution in [0.3, 0.4) is 0 Å². The molecule has 0 bridgehead atoms. The summed E-state index contributed by atoms with van der Waals surface area (Å²) in [5.74, 6) is 0.357. The summed E-state index contributed by atoms with van der Waals surface area (Å²) in [5.41, 5.74) is 4.88. The molecular weight excluding hydrogens is 406 g/mol. The molecule has 0 atom stereocenters. The first-order valence-corrected chi connectivity index (χ1v) is 11.6. The number of benzene rings is 2. The van der Waals surface area contributed by atoms with Gasteiger partial charge in [0.15, 0.2) is 5.65 Å². The van der Waals surface area contributed by atoms with Gasteiger partial charge in [-0.05, 0) is 36.1 Å². The van der Waals surface area contributed by atoms with Gasteiger partial charge in [-0.3, -0.25) is 4.79 Å². The number of thioether (sulfide) groups is 1. The standard InChI is InChI=1S/C24H23N5OS/c30-23(25-20-8-4-5-9-20)16-31-24-27-26-22-15-14-21(28-29(22)24)19-12-10-18(11-13-19)17-6-2-1-3-7-17/h1-3,6-7,10-15,20H,4-5,8-9,16H2,(H,25,30). The van der Waals surface area contributed by atoms with Crippen LogP contribution in [0.15, 0.2) is 71.9 Å². The van der Waals surface area contributed by atoms with Gasteiger partial charge in [0.05, 0.1) is 11.4 Å². The van der Waals surface area contributed by atoms with Crippen molar-refractivity contribution >= 4 is 23.3 Å². The number of hydrogen-bond acceptors (Lipinski definition) is 5. The quantitative estimate of drug-likeness (QED) is 0.453. The second kappa shape index (κ2) is 8.89. The average Bonchev–Trinajstić information content (AvgIpc) is 3.48. The lowest BCUT2D eigenvalue weighted by molar-refractivity contribution is -0.119. The summed E-state index contributed by atoms with van der Waals surface area (Å²) >= 11 is 1.37. The van der Waals surface area contributed by atoms with Crippen molar-refractivity contribution in [2.45, 2.75) is 36.9 Å². The highest BCUT2D eigenvalue weighted by Gasteiger charge is 2.18. The van der Waals surface area contributed by atoms with E-state index in [0.717, 1.165) is 24.1 Å². The second-order valence-electron chi connectivity index (χ2n) is 7.75. The first kappa shape index (κ1) is 19.8. The fourth-order valence-corrected chi connectivity index (χ4v) is 4.65. The topological polar surface area (TPSA) is 72.2 Å². The number of rotatable bonds is 6. The number of carbonyl (C=O) groups is 1. The molecule has 1 saturated carbocycles. The van der Waals surface area contributed by atoms with E-state index in [-0.39, 0.29) is 5.91 Å². The Kier molecular flexibility index (Phi) is 5.67. The minimum Gasteiger partial charge on any atom is -0.353 e. The van der Waals surface area contributed by atoms with Crippen molar-refractivity contribution < 1.29 is 4.79 Å². The van der Waals surface area contributed by atoms with Crippen LogP contribution >= 0.6 is 11.8 Å². The fourth-order valence-electron chi connectivity index (χ4n) is 3.95. The Morgan fingerprint density at radius 2 is 1.61 bits per heavy atom. The van der Waals surface area contributed by atoms with E-state index in [0.29, 0.717) is 22.6 Å². The molecule has 0 aliphatic heterocycles. The predicted octanol–water partition coefficient (Wildman–Crippen LogP) is 4.61. The van der Waals surface area contributed by atoms with Crippen LogP contribution < -0.4 is 5.32 Å². The maximum Gasteiger partial charge on any atom is 0.230 e. The fraction of sp³-hybridized carbons (Fsp3) is 0.250. The average molecular weight is 430 g/mol. The van der Waals surface area contributed by atoms with Gasteiger partial charge in [0, 0.05) is 11.6 Å². The summed E-state index contributed by atoms with van der Waals surface area (Å²) in [7, 11) is 0. The Morgan fingerprint density at radius 1 is 0.903 bits per heavy atom. The number of amides is 1. The van der Waals surface area contributed by atoms with Crippen molar-refractivity contribution in [2.75, 3.05) is 5.75 Å². The smallest absolute Gasteiger partial charge is 0.230 e. The largest absolute Gasteiger partial charge is 0.353 e. The summed E-state index contributed by atoms with van der Waals surface area (Å²) in [4.78, 5) is 12.3. The molecule has 0 spiro atoms. The molecule has 1 amide bonds. The summed E-state index contributed by atoms with van der Waals surface area (Å²) < 4.78 is 1.72. The molecule has 2 aromatic carbocycles. The minimum absolute atomic E-state index is 0.0429. The van der Waals surface area contributed by atoms with Crippen molar-refractivity contribution in [3.63, 3.8) is 0 Å². The first-order valence-electron chi connectivity index (χ1n) is 10.6. The van der Waals surface area contributed by atoms with Crippen LogP contribution in [0.2, 0.25) is 0 Å². The third-order valence-corrected chi connectivity index (χ3v) is 6.49. The zero-order chi connectivity index (χ0) is 21.0.